The number of benzene rings is 3. The van der Waals surface area contributed by atoms with E-state index in [0.717, 1.165) is 5.56 Å². The van der Waals surface area contributed by atoms with E-state index in [1.807, 2.05) is 30.3 Å². The summed E-state index contributed by atoms with van der Waals surface area (Å²) in [6.45, 7) is 0.0982. The number of ether oxygens (including phenoxy) is 1. The fraction of sp³-hybridized carbons (Fsp3) is 0.130. The van der Waals surface area contributed by atoms with Crippen molar-refractivity contribution in [3.63, 3.8) is 0 Å². The summed E-state index contributed by atoms with van der Waals surface area (Å²) in [6, 6.07) is 22.2. The molecular weight excluding hydrogens is 430 g/mol. The second kappa shape index (κ2) is 10.5. The van der Waals surface area contributed by atoms with Crippen molar-refractivity contribution in [2.75, 3.05) is 23.7 Å². The van der Waals surface area contributed by atoms with Crippen LogP contribution in [0.1, 0.15) is 15.9 Å². The largest absolute Gasteiger partial charge is 0.468 e. The van der Waals surface area contributed by atoms with Crippen molar-refractivity contribution in [3.8, 4) is 0 Å². The van der Waals surface area contributed by atoms with Crippen molar-refractivity contribution in [1.82, 2.24) is 5.32 Å². The number of sulfonamides is 1. The smallest absolute Gasteiger partial charge is 0.325 e. The summed E-state index contributed by atoms with van der Waals surface area (Å²) in [6.07, 6.45) is 0. The van der Waals surface area contributed by atoms with Crippen LogP contribution in [0.4, 0.5) is 11.4 Å². The van der Waals surface area contributed by atoms with Gasteiger partial charge in [-0.3, -0.25) is 14.3 Å². The highest BCUT2D eigenvalue weighted by atomic mass is 32.2. The summed E-state index contributed by atoms with van der Waals surface area (Å²) in [4.78, 5) is 23.8. The molecule has 0 unspecified atom stereocenters. The number of nitrogens with one attached hydrogen (secondary N) is 3. The summed E-state index contributed by atoms with van der Waals surface area (Å²) in [5.41, 5.74) is 1.90. The number of rotatable bonds is 9. The standard InChI is InChI=1S/C23H23N3O5S/c1-31-22(27)16-25-23(28)18-12-20(24-15-17-8-4-2-5-9-17)14-21(13-18)32(29,30)26-19-10-6-3-7-11-19/h2-14,24,26H,15-16H2,1H3,(H,25,28). The molecule has 0 aliphatic carbocycles. The Morgan fingerprint density at radius 2 is 1.53 bits per heavy atom. The van der Waals surface area contributed by atoms with Crippen molar-refractivity contribution in [2.24, 2.45) is 0 Å². The molecule has 9 heteroatoms. The first-order chi connectivity index (χ1) is 15.4. The van der Waals surface area contributed by atoms with Crippen LogP contribution < -0.4 is 15.4 Å². The number of methoxy groups -OCH3 is 1. The molecule has 0 fully saturated rings. The lowest BCUT2D eigenvalue weighted by atomic mass is 10.1. The molecule has 3 aromatic carbocycles. The van der Waals surface area contributed by atoms with E-state index < -0.39 is 21.9 Å². The molecule has 0 aromatic heterocycles. The molecule has 1 amide bonds. The normalized spacial score (nSPS) is 10.8. The first-order valence-electron chi connectivity index (χ1n) is 9.73. The molecule has 8 nitrogen and oxygen atoms in total. The molecule has 0 atom stereocenters. The number of hydrogen-bond donors (Lipinski definition) is 3. The summed E-state index contributed by atoms with van der Waals surface area (Å²) in [5.74, 6) is -1.22. The quantitative estimate of drug-likeness (QED) is 0.429. The minimum absolute atomic E-state index is 0.0837. The van der Waals surface area contributed by atoms with Gasteiger partial charge in [0.15, 0.2) is 0 Å². The topological polar surface area (TPSA) is 114 Å². The number of hydrogen-bond acceptors (Lipinski definition) is 6. The van der Waals surface area contributed by atoms with E-state index in [2.05, 4.69) is 20.1 Å². The maximum atomic E-state index is 13.0. The van der Waals surface area contributed by atoms with E-state index in [0.29, 0.717) is 17.9 Å². The van der Waals surface area contributed by atoms with Crippen molar-refractivity contribution in [2.45, 2.75) is 11.4 Å². The minimum atomic E-state index is -3.97. The van der Waals surface area contributed by atoms with Crippen LogP contribution in [0.15, 0.2) is 83.8 Å². The van der Waals surface area contributed by atoms with Crippen LogP contribution in [-0.4, -0.2) is 33.9 Å². The average molecular weight is 454 g/mol. The summed E-state index contributed by atoms with van der Waals surface area (Å²) >= 11 is 0. The lowest BCUT2D eigenvalue weighted by Gasteiger charge is -2.14. The van der Waals surface area contributed by atoms with E-state index in [-0.39, 0.29) is 17.0 Å². The zero-order valence-corrected chi connectivity index (χ0v) is 18.2. The molecule has 32 heavy (non-hydrogen) atoms. The Labute approximate surface area is 186 Å². The van der Waals surface area contributed by atoms with Gasteiger partial charge in [0.05, 0.1) is 12.0 Å². The molecular formula is C23H23N3O5S. The third-order valence-corrected chi connectivity index (χ3v) is 5.83. The van der Waals surface area contributed by atoms with Gasteiger partial charge in [-0.05, 0) is 35.9 Å². The Kier molecular flexibility index (Phi) is 7.45. The van der Waals surface area contributed by atoms with E-state index in [1.54, 1.807) is 30.3 Å². The van der Waals surface area contributed by atoms with Crippen molar-refractivity contribution >= 4 is 33.3 Å². The second-order valence-corrected chi connectivity index (χ2v) is 8.50. The van der Waals surface area contributed by atoms with E-state index in [4.69, 9.17) is 0 Å². The predicted molar refractivity (Wildman–Crippen MR) is 122 cm³/mol. The zero-order chi connectivity index (χ0) is 23.0. The van der Waals surface area contributed by atoms with Crippen LogP contribution in [0.3, 0.4) is 0 Å². The Morgan fingerprint density at radius 3 is 2.19 bits per heavy atom. The number of carbonyl (C=O) groups excluding carboxylic acids is 2. The number of esters is 1. The van der Waals surface area contributed by atoms with E-state index in [9.17, 15) is 18.0 Å². The summed E-state index contributed by atoms with van der Waals surface area (Å²) < 4.78 is 33.0. The highest BCUT2D eigenvalue weighted by molar-refractivity contribution is 7.92. The monoisotopic (exact) mass is 453 g/mol. The van der Waals surface area contributed by atoms with Gasteiger partial charge in [-0.1, -0.05) is 48.5 Å². The van der Waals surface area contributed by atoms with Gasteiger partial charge in [0.2, 0.25) is 0 Å². The van der Waals surface area contributed by atoms with Gasteiger partial charge in [-0.2, -0.15) is 0 Å². The number of para-hydroxylation sites is 1. The van der Waals surface area contributed by atoms with Crippen LogP contribution in [0, 0.1) is 0 Å². The fourth-order valence-corrected chi connectivity index (χ4v) is 3.96. The van der Waals surface area contributed by atoms with Crippen LogP contribution in [0.25, 0.3) is 0 Å². The summed E-state index contributed by atoms with van der Waals surface area (Å²) in [5, 5.41) is 5.57. The highest BCUT2D eigenvalue weighted by Crippen LogP contribution is 2.22. The molecule has 0 bridgehead atoms. The molecule has 3 aromatic rings. The lowest BCUT2D eigenvalue weighted by Crippen LogP contribution is -2.30. The van der Waals surface area contributed by atoms with Gasteiger partial charge in [0.1, 0.15) is 6.54 Å². The first-order valence-corrected chi connectivity index (χ1v) is 11.2. The fourth-order valence-electron chi connectivity index (χ4n) is 2.83. The molecule has 3 rings (SSSR count). The van der Waals surface area contributed by atoms with Crippen LogP contribution in [-0.2, 0) is 26.1 Å². The van der Waals surface area contributed by atoms with E-state index in [1.165, 1.54) is 25.3 Å². The van der Waals surface area contributed by atoms with Crippen LogP contribution in [0.5, 0.6) is 0 Å². The molecule has 0 spiro atoms. The maximum absolute atomic E-state index is 13.0. The van der Waals surface area contributed by atoms with Gasteiger partial charge >= 0.3 is 5.97 Å². The molecule has 0 saturated carbocycles. The van der Waals surface area contributed by atoms with Crippen molar-refractivity contribution in [1.29, 1.82) is 0 Å². The van der Waals surface area contributed by atoms with Crippen LogP contribution in [0.2, 0.25) is 0 Å². The zero-order valence-electron chi connectivity index (χ0n) is 17.4. The molecule has 0 heterocycles. The predicted octanol–water partition coefficient (Wildman–Crippen LogP) is 3.00. The molecule has 0 saturated heterocycles. The average Bonchev–Trinajstić information content (AvgIpc) is 2.81. The number of carbonyl (C=O) groups is 2. The Balaban J connectivity index is 1.90. The molecule has 3 N–H and O–H groups in total. The Bertz CT molecular complexity index is 1180. The SMILES string of the molecule is COC(=O)CNC(=O)c1cc(NCc2ccccc2)cc(S(=O)(=O)Nc2ccccc2)c1. The molecule has 166 valence electrons. The third kappa shape index (κ3) is 6.32. The first kappa shape index (κ1) is 22.8. The number of anilines is 2. The lowest BCUT2D eigenvalue weighted by molar-refractivity contribution is -0.139. The third-order valence-electron chi connectivity index (χ3n) is 4.47. The maximum Gasteiger partial charge on any atom is 0.325 e. The molecule has 0 aliphatic heterocycles. The Morgan fingerprint density at radius 1 is 0.875 bits per heavy atom. The summed E-state index contributed by atoms with van der Waals surface area (Å²) in [7, 11) is -2.76. The molecule has 0 radical (unpaired) electrons. The van der Waals surface area contributed by atoms with Crippen molar-refractivity contribution < 1.29 is 22.7 Å². The van der Waals surface area contributed by atoms with Crippen molar-refractivity contribution in [3.05, 3.63) is 90.0 Å². The van der Waals surface area contributed by atoms with Gasteiger partial charge in [-0.25, -0.2) is 8.42 Å². The van der Waals surface area contributed by atoms with Gasteiger partial charge in [0, 0.05) is 23.5 Å². The Hall–Kier alpha value is -3.85. The molecule has 0 aliphatic rings. The van der Waals surface area contributed by atoms with Gasteiger partial charge < -0.3 is 15.4 Å². The van der Waals surface area contributed by atoms with Crippen LogP contribution >= 0.6 is 0 Å². The van der Waals surface area contributed by atoms with Gasteiger partial charge in [0.25, 0.3) is 15.9 Å². The second-order valence-electron chi connectivity index (χ2n) is 6.82. The van der Waals surface area contributed by atoms with Gasteiger partial charge in [-0.15, -0.1) is 0 Å². The minimum Gasteiger partial charge on any atom is -0.468 e. The van der Waals surface area contributed by atoms with E-state index >= 15 is 0 Å². The number of amides is 1. The highest BCUT2D eigenvalue weighted by Gasteiger charge is 2.19.